The number of hydrogen-bond donors (Lipinski definition) is 0. The summed E-state index contributed by atoms with van der Waals surface area (Å²) >= 11 is 6.16. The minimum Gasteiger partial charge on any atom is -0.337 e. The first-order valence-electron chi connectivity index (χ1n) is 9.08. The summed E-state index contributed by atoms with van der Waals surface area (Å²) in [5.74, 6) is -0.681. The van der Waals surface area contributed by atoms with Gasteiger partial charge < -0.3 is 4.90 Å². The lowest BCUT2D eigenvalue weighted by Crippen LogP contribution is -2.36. The average molecular weight is 425 g/mol. The van der Waals surface area contributed by atoms with Crippen molar-refractivity contribution in [2.45, 2.75) is 30.7 Å². The molecule has 28 heavy (non-hydrogen) atoms. The summed E-state index contributed by atoms with van der Waals surface area (Å²) in [4.78, 5) is 14.2. The summed E-state index contributed by atoms with van der Waals surface area (Å²) in [5.41, 5.74) is 1.01. The summed E-state index contributed by atoms with van der Waals surface area (Å²) in [6.07, 6.45) is 2.64. The SMILES string of the molecule is CN(Cc1ccc(F)cc1)C(=O)c1ccc(Cl)c(S(=O)(=O)N2CCCCC2)c1. The van der Waals surface area contributed by atoms with E-state index in [1.807, 2.05) is 0 Å². The van der Waals surface area contributed by atoms with Crippen molar-refractivity contribution in [2.24, 2.45) is 0 Å². The number of amides is 1. The third-order valence-electron chi connectivity index (χ3n) is 4.79. The van der Waals surface area contributed by atoms with Gasteiger partial charge in [0.15, 0.2) is 0 Å². The predicted molar refractivity (Wildman–Crippen MR) is 106 cm³/mol. The second kappa shape index (κ2) is 8.59. The zero-order valence-corrected chi connectivity index (χ0v) is 17.1. The molecular formula is C20H22ClFN2O3S. The molecule has 1 aliphatic heterocycles. The normalized spacial score (nSPS) is 15.4. The van der Waals surface area contributed by atoms with E-state index < -0.39 is 10.0 Å². The van der Waals surface area contributed by atoms with Gasteiger partial charge in [-0.3, -0.25) is 4.79 Å². The molecule has 150 valence electrons. The molecule has 0 N–H and O–H groups in total. The lowest BCUT2D eigenvalue weighted by molar-refractivity contribution is 0.0785. The fourth-order valence-electron chi connectivity index (χ4n) is 3.23. The number of halogens is 2. The quantitative estimate of drug-likeness (QED) is 0.730. The Balaban J connectivity index is 1.83. The molecule has 0 saturated carbocycles. The highest BCUT2D eigenvalue weighted by atomic mass is 35.5. The predicted octanol–water partition coefficient (Wildman–Crippen LogP) is 3.93. The van der Waals surface area contributed by atoms with Gasteiger partial charge in [-0.2, -0.15) is 4.31 Å². The Bertz CT molecular complexity index is 958. The molecule has 2 aromatic rings. The van der Waals surface area contributed by atoms with Gasteiger partial charge in [0.25, 0.3) is 5.91 Å². The van der Waals surface area contributed by atoms with E-state index in [0.717, 1.165) is 24.8 Å². The Morgan fingerprint density at radius 3 is 2.39 bits per heavy atom. The van der Waals surface area contributed by atoms with E-state index in [1.165, 1.54) is 39.5 Å². The highest BCUT2D eigenvalue weighted by Gasteiger charge is 2.29. The van der Waals surface area contributed by atoms with Gasteiger partial charge in [0.05, 0.1) is 5.02 Å². The Morgan fingerprint density at radius 1 is 1.11 bits per heavy atom. The number of nitrogens with zero attached hydrogens (tertiary/aromatic N) is 2. The third-order valence-corrected chi connectivity index (χ3v) is 7.17. The zero-order chi connectivity index (χ0) is 20.3. The van der Waals surface area contributed by atoms with Crippen LogP contribution in [-0.4, -0.2) is 43.7 Å². The van der Waals surface area contributed by atoms with Crippen molar-refractivity contribution in [3.63, 3.8) is 0 Å². The van der Waals surface area contributed by atoms with E-state index in [-0.39, 0.29) is 33.8 Å². The summed E-state index contributed by atoms with van der Waals surface area (Å²) in [6, 6.07) is 10.2. The van der Waals surface area contributed by atoms with Gasteiger partial charge in [-0.25, -0.2) is 12.8 Å². The summed E-state index contributed by atoms with van der Waals surface area (Å²) in [5, 5.41) is 0.100. The molecule has 0 unspecified atom stereocenters. The number of piperidine rings is 1. The van der Waals surface area contributed by atoms with Gasteiger partial charge in [-0.05, 0) is 48.7 Å². The second-order valence-corrected chi connectivity index (χ2v) is 9.21. The Hall–Kier alpha value is -1.96. The maximum Gasteiger partial charge on any atom is 0.253 e. The molecule has 2 aromatic carbocycles. The lowest BCUT2D eigenvalue weighted by Gasteiger charge is -2.26. The van der Waals surface area contributed by atoms with E-state index in [2.05, 4.69) is 0 Å². The van der Waals surface area contributed by atoms with Crippen molar-refractivity contribution < 1.29 is 17.6 Å². The molecule has 0 aromatic heterocycles. The number of hydrogen-bond acceptors (Lipinski definition) is 3. The van der Waals surface area contributed by atoms with Crippen molar-refractivity contribution >= 4 is 27.5 Å². The smallest absolute Gasteiger partial charge is 0.253 e. The molecule has 0 bridgehead atoms. The van der Waals surface area contributed by atoms with Crippen molar-refractivity contribution in [2.75, 3.05) is 20.1 Å². The van der Waals surface area contributed by atoms with Gasteiger partial charge in [-0.15, -0.1) is 0 Å². The Morgan fingerprint density at radius 2 is 1.75 bits per heavy atom. The second-order valence-electron chi connectivity index (χ2n) is 6.90. The average Bonchev–Trinajstić information content (AvgIpc) is 2.70. The molecule has 8 heteroatoms. The van der Waals surface area contributed by atoms with Crippen LogP contribution in [0.15, 0.2) is 47.4 Å². The molecule has 1 aliphatic rings. The number of rotatable bonds is 5. The van der Waals surface area contributed by atoms with Crippen molar-refractivity contribution in [3.05, 3.63) is 64.4 Å². The molecular weight excluding hydrogens is 403 g/mol. The van der Waals surface area contributed by atoms with Crippen LogP contribution in [0.3, 0.4) is 0 Å². The number of carbonyl (C=O) groups excluding carboxylic acids is 1. The highest BCUT2D eigenvalue weighted by molar-refractivity contribution is 7.89. The highest BCUT2D eigenvalue weighted by Crippen LogP contribution is 2.28. The van der Waals surface area contributed by atoms with Gasteiger partial charge in [0.1, 0.15) is 10.7 Å². The van der Waals surface area contributed by atoms with Crippen molar-refractivity contribution in [3.8, 4) is 0 Å². The van der Waals surface area contributed by atoms with Gasteiger partial charge in [0.2, 0.25) is 10.0 Å². The molecule has 0 spiro atoms. The molecule has 1 fully saturated rings. The summed E-state index contributed by atoms with van der Waals surface area (Å²) in [7, 11) is -2.14. The van der Waals surface area contributed by atoms with Gasteiger partial charge in [0, 0.05) is 32.2 Å². The first-order valence-corrected chi connectivity index (χ1v) is 10.9. The van der Waals surface area contributed by atoms with E-state index >= 15 is 0 Å². The van der Waals surface area contributed by atoms with Crippen LogP contribution in [0, 0.1) is 5.82 Å². The summed E-state index contributed by atoms with van der Waals surface area (Å²) < 4.78 is 40.4. The van der Waals surface area contributed by atoms with Crippen LogP contribution in [0.5, 0.6) is 0 Å². The van der Waals surface area contributed by atoms with E-state index in [9.17, 15) is 17.6 Å². The third kappa shape index (κ3) is 4.54. The van der Waals surface area contributed by atoms with Crippen molar-refractivity contribution in [1.82, 2.24) is 9.21 Å². The molecule has 5 nitrogen and oxygen atoms in total. The van der Waals surface area contributed by atoms with E-state index in [4.69, 9.17) is 11.6 Å². The Labute approximate surface area is 169 Å². The maximum absolute atomic E-state index is 13.0. The fourth-order valence-corrected chi connectivity index (χ4v) is 5.25. The molecule has 1 saturated heterocycles. The van der Waals surface area contributed by atoms with E-state index in [0.29, 0.717) is 13.1 Å². The number of sulfonamides is 1. The molecule has 0 atom stereocenters. The van der Waals surface area contributed by atoms with Gasteiger partial charge in [-0.1, -0.05) is 30.2 Å². The van der Waals surface area contributed by atoms with Crippen LogP contribution in [-0.2, 0) is 16.6 Å². The van der Waals surface area contributed by atoms with Crippen LogP contribution in [0.2, 0.25) is 5.02 Å². The number of carbonyl (C=O) groups is 1. The molecule has 0 aliphatic carbocycles. The molecule has 3 rings (SSSR count). The standard InChI is InChI=1S/C20H22ClFN2O3S/c1-23(14-15-5-8-17(22)9-6-15)20(25)16-7-10-18(21)19(13-16)28(26,27)24-11-3-2-4-12-24/h5-10,13H,2-4,11-12,14H2,1H3. The largest absolute Gasteiger partial charge is 0.337 e. The first kappa shape index (κ1) is 20.8. The van der Waals surface area contributed by atoms with Crippen LogP contribution in [0.1, 0.15) is 35.2 Å². The summed E-state index contributed by atoms with van der Waals surface area (Å²) in [6.45, 7) is 1.19. The molecule has 1 heterocycles. The lowest BCUT2D eigenvalue weighted by atomic mass is 10.1. The van der Waals surface area contributed by atoms with Crippen LogP contribution in [0.4, 0.5) is 4.39 Å². The van der Waals surface area contributed by atoms with Crippen LogP contribution >= 0.6 is 11.6 Å². The zero-order valence-electron chi connectivity index (χ0n) is 15.6. The van der Waals surface area contributed by atoms with E-state index in [1.54, 1.807) is 19.2 Å². The first-order chi connectivity index (χ1) is 13.3. The van der Waals surface area contributed by atoms with Crippen molar-refractivity contribution in [1.29, 1.82) is 0 Å². The maximum atomic E-state index is 13.0. The molecule has 1 amide bonds. The van der Waals surface area contributed by atoms with Gasteiger partial charge >= 0.3 is 0 Å². The van der Waals surface area contributed by atoms with Crippen LogP contribution in [0.25, 0.3) is 0 Å². The van der Waals surface area contributed by atoms with Crippen LogP contribution < -0.4 is 0 Å². The number of benzene rings is 2. The minimum atomic E-state index is -3.75. The monoisotopic (exact) mass is 424 g/mol. The molecule has 0 radical (unpaired) electrons. The topological polar surface area (TPSA) is 57.7 Å². The fraction of sp³-hybridized carbons (Fsp3) is 0.350. The Kier molecular flexibility index (Phi) is 6.37. The minimum absolute atomic E-state index is 0.0444.